The highest BCUT2D eigenvalue weighted by Crippen LogP contribution is 2.34. The Morgan fingerprint density at radius 2 is 1.53 bits per heavy atom. The number of rotatable bonds is 9. The van der Waals surface area contributed by atoms with Gasteiger partial charge in [-0.25, -0.2) is 8.42 Å². The van der Waals surface area contributed by atoms with Crippen molar-refractivity contribution < 1.29 is 36.2 Å². The number of carboxylic acid groups (broad SMARTS) is 1. The number of ether oxygens (including phenoxy) is 1. The van der Waals surface area contributed by atoms with E-state index in [1.54, 1.807) is 12.1 Å². The van der Waals surface area contributed by atoms with Crippen LogP contribution in [0.4, 0.5) is 13.2 Å². The summed E-state index contributed by atoms with van der Waals surface area (Å²) in [6, 6.07) is 14.8. The number of halogens is 3. The fourth-order valence-corrected chi connectivity index (χ4v) is 5.20. The summed E-state index contributed by atoms with van der Waals surface area (Å²) < 4.78 is 70.0. The fraction of sp³-hybridized carbons (Fsp3) is 0.208. The van der Waals surface area contributed by atoms with Gasteiger partial charge in [0.2, 0.25) is 9.84 Å². The smallest absolute Gasteiger partial charge is 0.416 e. The van der Waals surface area contributed by atoms with Crippen molar-refractivity contribution in [2.24, 2.45) is 0 Å². The summed E-state index contributed by atoms with van der Waals surface area (Å²) in [5.74, 6) is -0.825. The highest BCUT2D eigenvalue weighted by Gasteiger charge is 2.30. The van der Waals surface area contributed by atoms with Gasteiger partial charge >= 0.3 is 12.1 Å². The number of hydrogen-bond acceptors (Lipinski definition) is 5. The van der Waals surface area contributed by atoms with E-state index in [1.165, 1.54) is 54.2 Å². The number of alkyl halides is 3. The van der Waals surface area contributed by atoms with Crippen molar-refractivity contribution >= 4 is 27.6 Å². The van der Waals surface area contributed by atoms with Gasteiger partial charge in [-0.1, -0.05) is 18.7 Å². The van der Waals surface area contributed by atoms with Gasteiger partial charge in [-0.2, -0.15) is 13.2 Å². The SMILES string of the molecule is CCCOc1cc(CC(=O)O)cc(S(=O)(=O)c2ccc(Sc3ccc(C(F)(F)F)cc3)cc2)c1. The highest BCUT2D eigenvalue weighted by molar-refractivity contribution is 7.99. The summed E-state index contributed by atoms with van der Waals surface area (Å²) in [5, 5.41) is 9.10. The van der Waals surface area contributed by atoms with Gasteiger partial charge in [0.25, 0.3) is 0 Å². The van der Waals surface area contributed by atoms with E-state index in [0.29, 0.717) is 28.4 Å². The molecule has 0 aliphatic rings. The van der Waals surface area contributed by atoms with Crippen molar-refractivity contribution in [1.82, 2.24) is 0 Å². The normalized spacial score (nSPS) is 11.9. The summed E-state index contributed by atoms with van der Waals surface area (Å²) in [4.78, 5) is 12.3. The monoisotopic (exact) mass is 510 g/mol. The zero-order valence-electron chi connectivity index (χ0n) is 18.0. The molecule has 0 aromatic heterocycles. The predicted molar refractivity (Wildman–Crippen MR) is 121 cm³/mol. The Morgan fingerprint density at radius 1 is 0.941 bits per heavy atom. The van der Waals surface area contributed by atoms with E-state index in [2.05, 4.69) is 0 Å². The molecule has 3 aromatic rings. The van der Waals surface area contributed by atoms with Crippen LogP contribution in [0.15, 0.2) is 86.3 Å². The largest absolute Gasteiger partial charge is 0.494 e. The molecule has 0 saturated carbocycles. The van der Waals surface area contributed by atoms with Gasteiger partial charge in [0, 0.05) is 9.79 Å². The molecule has 0 atom stereocenters. The molecule has 5 nitrogen and oxygen atoms in total. The molecule has 0 saturated heterocycles. The summed E-state index contributed by atoms with van der Waals surface area (Å²) in [5.41, 5.74) is -0.445. The average Bonchev–Trinajstić information content (AvgIpc) is 2.77. The number of carbonyl (C=O) groups is 1. The molecule has 1 N–H and O–H groups in total. The van der Waals surface area contributed by atoms with E-state index in [-0.39, 0.29) is 22.0 Å². The van der Waals surface area contributed by atoms with Crippen LogP contribution >= 0.6 is 11.8 Å². The van der Waals surface area contributed by atoms with Crippen LogP contribution in [0.2, 0.25) is 0 Å². The molecule has 3 aromatic carbocycles. The molecule has 0 aliphatic carbocycles. The topological polar surface area (TPSA) is 80.7 Å². The highest BCUT2D eigenvalue weighted by atomic mass is 32.2. The van der Waals surface area contributed by atoms with Gasteiger partial charge in [0.05, 0.1) is 28.4 Å². The fourth-order valence-electron chi connectivity index (χ4n) is 3.04. The summed E-state index contributed by atoms with van der Waals surface area (Å²) >= 11 is 1.20. The molecule has 0 heterocycles. The molecule has 34 heavy (non-hydrogen) atoms. The van der Waals surface area contributed by atoms with Gasteiger partial charge in [-0.15, -0.1) is 0 Å². The third-order valence-corrected chi connectivity index (χ3v) is 7.39. The number of aliphatic carboxylic acids is 1. The van der Waals surface area contributed by atoms with E-state index in [1.807, 2.05) is 6.92 Å². The van der Waals surface area contributed by atoms with Gasteiger partial charge in [-0.3, -0.25) is 4.79 Å². The maximum atomic E-state index is 13.2. The van der Waals surface area contributed by atoms with Crippen LogP contribution in [0.5, 0.6) is 5.75 Å². The van der Waals surface area contributed by atoms with Crippen LogP contribution in [-0.2, 0) is 27.2 Å². The van der Waals surface area contributed by atoms with Crippen LogP contribution in [-0.4, -0.2) is 26.1 Å². The van der Waals surface area contributed by atoms with Crippen molar-refractivity contribution in [1.29, 1.82) is 0 Å². The van der Waals surface area contributed by atoms with Gasteiger partial charge in [-0.05, 0) is 78.7 Å². The predicted octanol–water partition coefficient (Wildman–Crippen LogP) is 6.11. The maximum absolute atomic E-state index is 13.2. The average molecular weight is 511 g/mol. The first-order valence-electron chi connectivity index (χ1n) is 10.2. The third kappa shape index (κ3) is 6.54. The van der Waals surface area contributed by atoms with Crippen molar-refractivity contribution in [3.8, 4) is 5.75 Å². The number of sulfone groups is 1. The summed E-state index contributed by atoms with van der Waals surface area (Å²) in [6.07, 6.45) is -4.07. The first-order chi connectivity index (χ1) is 16.0. The Kier molecular flexibility index (Phi) is 7.93. The van der Waals surface area contributed by atoms with E-state index in [4.69, 9.17) is 9.84 Å². The van der Waals surface area contributed by atoms with E-state index >= 15 is 0 Å². The lowest BCUT2D eigenvalue weighted by Gasteiger charge is -2.11. The number of hydrogen-bond donors (Lipinski definition) is 1. The Labute approximate surface area is 199 Å². The summed E-state index contributed by atoms with van der Waals surface area (Å²) in [7, 11) is -3.96. The van der Waals surface area contributed by atoms with Gasteiger partial charge in [0.15, 0.2) is 0 Å². The Morgan fingerprint density at radius 3 is 2.06 bits per heavy atom. The van der Waals surface area contributed by atoms with Crippen LogP contribution in [0.3, 0.4) is 0 Å². The molecule has 0 spiro atoms. The van der Waals surface area contributed by atoms with E-state index in [9.17, 15) is 26.4 Å². The zero-order valence-corrected chi connectivity index (χ0v) is 19.6. The Hall–Kier alpha value is -2.98. The van der Waals surface area contributed by atoms with Crippen LogP contribution in [0.1, 0.15) is 24.5 Å². The molecule has 0 bridgehead atoms. The first-order valence-corrected chi connectivity index (χ1v) is 12.5. The van der Waals surface area contributed by atoms with Crippen molar-refractivity contribution in [3.05, 3.63) is 77.9 Å². The standard InChI is InChI=1S/C24H21F3O5S2/c1-2-11-32-18-12-16(14-23(28)29)13-22(15-18)34(30,31)21-9-7-20(8-10-21)33-19-5-3-17(4-6-19)24(25,26)27/h3-10,12-13,15H,2,11,14H2,1H3,(H,28,29). The van der Waals surface area contributed by atoms with Gasteiger partial charge < -0.3 is 9.84 Å². The minimum atomic E-state index is -4.41. The van der Waals surface area contributed by atoms with Crippen molar-refractivity contribution in [3.63, 3.8) is 0 Å². The quantitative estimate of drug-likeness (QED) is 0.374. The lowest BCUT2D eigenvalue weighted by atomic mass is 10.1. The van der Waals surface area contributed by atoms with E-state index in [0.717, 1.165) is 12.1 Å². The molecule has 0 radical (unpaired) electrons. The molecular formula is C24H21F3O5S2. The minimum absolute atomic E-state index is 0.00168. The molecule has 3 rings (SSSR count). The second kappa shape index (κ2) is 10.5. The van der Waals surface area contributed by atoms with Crippen LogP contribution in [0.25, 0.3) is 0 Å². The lowest BCUT2D eigenvalue weighted by Crippen LogP contribution is -2.07. The van der Waals surface area contributed by atoms with Crippen molar-refractivity contribution in [2.75, 3.05) is 6.61 Å². The second-order valence-electron chi connectivity index (χ2n) is 7.33. The van der Waals surface area contributed by atoms with E-state index < -0.39 is 27.5 Å². The molecule has 180 valence electrons. The molecule has 0 aliphatic heterocycles. The maximum Gasteiger partial charge on any atom is 0.416 e. The minimum Gasteiger partial charge on any atom is -0.494 e. The van der Waals surface area contributed by atoms with Gasteiger partial charge in [0.1, 0.15) is 5.75 Å². The summed E-state index contributed by atoms with van der Waals surface area (Å²) in [6.45, 7) is 2.24. The molecule has 0 amide bonds. The molecule has 0 fully saturated rings. The van der Waals surface area contributed by atoms with Crippen molar-refractivity contribution in [2.45, 2.75) is 45.5 Å². The zero-order chi connectivity index (χ0) is 24.9. The lowest BCUT2D eigenvalue weighted by molar-refractivity contribution is -0.138. The molecule has 10 heteroatoms. The Balaban J connectivity index is 1.84. The number of benzene rings is 3. The molecule has 0 unspecified atom stereocenters. The van der Waals surface area contributed by atoms with Crippen LogP contribution in [0, 0.1) is 0 Å². The first kappa shape index (κ1) is 25.6. The third-order valence-electron chi connectivity index (χ3n) is 4.63. The second-order valence-corrected chi connectivity index (χ2v) is 10.4. The number of carboxylic acids is 1. The molecular weight excluding hydrogens is 489 g/mol. The Bertz CT molecular complexity index is 1250. The van der Waals surface area contributed by atoms with Crippen LogP contribution < -0.4 is 4.74 Å².